The highest BCUT2D eigenvalue weighted by Gasteiger charge is 2.35. The van der Waals surface area contributed by atoms with Gasteiger partial charge in [-0.3, -0.25) is 14.6 Å². The maximum absolute atomic E-state index is 12.7. The second-order valence-electron chi connectivity index (χ2n) is 8.84. The maximum Gasteiger partial charge on any atom is 0.410 e. The summed E-state index contributed by atoms with van der Waals surface area (Å²) in [5.41, 5.74) is 2.10. The minimum atomic E-state index is -0.440. The standard InChI is InChI=1S/C26H33ClN4O3/c27-22-9-4-10-23(19-22)30-17-15-29(16-18-30)13-6-12-28-25(32)24-11-5-14-31(24)26(33)34-20-21-7-2-1-3-8-21/h1-4,7-10,19,24H,5-6,11-18,20H2,(H,28,32)/t24-/m0/s1. The third kappa shape index (κ3) is 6.64. The molecule has 0 unspecified atom stereocenters. The Kier molecular flexibility index (Phi) is 8.66. The predicted molar refractivity (Wildman–Crippen MR) is 134 cm³/mol. The summed E-state index contributed by atoms with van der Waals surface area (Å²) in [6.45, 7) is 6.24. The second kappa shape index (κ2) is 12.1. The van der Waals surface area contributed by atoms with Gasteiger partial charge in [-0.25, -0.2) is 4.79 Å². The van der Waals surface area contributed by atoms with E-state index in [9.17, 15) is 9.59 Å². The third-order valence-corrected chi connectivity index (χ3v) is 6.73. The van der Waals surface area contributed by atoms with Crippen LogP contribution in [0, 0.1) is 0 Å². The average Bonchev–Trinajstić information content (AvgIpc) is 3.36. The molecule has 2 aromatic carbocycles. The number of benzene rings is 2. The van der Waals surface area contributed by atoms with Gasteiger partial charge in [0.05, 0.1) is 0 Å². The van der Waals surface area contributed by atoms with E-state index in [0.29, 0.717) is 19.5 Å². The second-order valence-corrected chi connectivity index (χ2v) is 9.28. The lowest BCUT2D eigenvalue weighted by Gasteiger charge is -2.36. The lowest BCUT2D eigenvalue weighted by molar-refractivity contribution is -0.125. The molecule has 8 heteroatoms. The van der Waals surface area contributed by atoms with Gasteiger partial charge < -0.3 is 15.0 Å². The van der Waals surface area contributed by atoms with E-state index in [2.05, 4.69) is 21.2 Å². The zero-order valence-corrected chi connectivity index (χ0v) is 20.3. The van der Waals surface area contributed by atoms with Crippen molar-refractivity contribution in [3.8, 4) is 0 Å². The Labute approximate surface area is 206 Å². The molecule has 7 nitrogen and oxygen atoms in total. The number of ether oxygens (including phenoxy) is 1. The normalized spacial score (nSPS) is 18.7. The average molecular weight is 485 g/mol. The van der Waals surface area contributed by atoms with E-state index in [4.69, 9.17) is 16.3 Å². The van der Waals surface area contributed by atoms with Crippen molar-refractivity contribution >= 4 is 29.3 Å². The predicted octanol–water partition coefficient (Wildman–Crippen LogP) is 3.77. The van der Waals surface area contributed by atoms with Gasteiger partial charge in [-0.15, -0.1) is 0 Å². The van der Waals surface area contributed by atoms with Crippen molar-refractivity contribution in [1.82, 2.24) is 15.1 Å². The Balaban J connectivity index is 1.14. The Bertz CT molecular complexity index is 950. The van der Waals surface area contributed by atoms with Crippen LogP contribution in [0.1, 0.15) is 24.8 Å². The van der Waals surface area contributed by atoms with E-state index >= 15 is 0 Å². The first-order valence-corrected chi connectivity index (χ1v) is 12.5. The molecule has 2 amide bonds. The zero-order valence-electron chi connectivity index (χ0n) is 19.5. The first-order chi connectivity index (χ1) is 16.6. The molecule has 2 saturated heterocycles. The van der Waals surface area contributed by atoms with Crippen LogP contribution >= 0.6 is 11.6 Å². The molecule has 0 bridgehead atoms. The van der Waals surface area contributed by atoms with Crippen molar-refractivity contribution in [2.24, 2.45) is 0 Å². The van der Waals surface area contributed by atoms with Crippen LogP contribution in [0.15, 0.2) is 54.6 Å². The summed E-state index contributed by atoms with van der Waals surface area (Å²) in [5, 5.41) is 3.79. The Morgan fingerprint density at radius 3 is 2.56 bits per heavy atom. The molecule has 2 aliphatic heterocycles. The monoisotopic (exact) mass is 484 g/mol. The molecule has 182 valence electrons. The topological polar surface area (TPSA) is 65.1 Å². The number of anilines is 1. The number of nitrogens with zero attached hydrogens (tertiary/aromatic N) is 3. The van der Waals surface area contributed by atoms with Crippen molar-refractivity contribution in [3.05, 3.63) is 65.2 Å². The van der Waals surface area contributed by atoms with E-state index in [-0.39, 0.29) is 12.5 Å². The van der Waals surface area contributed by atoms with Gasteiger partial charge in [0.25, 0.3) is 0 Å². The summed E-state index contributed by atoms with van der Waals surface area (Å²) in [7, 11) is 0. The molecule has 0 aliphatic carbocycles. The van der Waals surface area contributed by atoms with Crippen molar-refractivity contribution in [2.45, 2.75) is 31.9 Å². The summed E-state index contributed by atoms with van der Waals surface area (Å²) >= 11 is 6.12. The fraction of sp³-hybridized carbons (Fsp3) is 0.462. The molecular formula is C26H33ClN4O3. The van der Waals surface area contributed by atoms with Gasteiger partial charge in [0, 0.05) is 50.0 Å². The summed E-state index contributed by atoms with van der Waals surface area (Å²) < 4.78 is 5.43. The summed E-state index contributed by atoms with van der Waals surface area (Å²) in [4.78, 5) is 31.6. The number of nitrogens with one attached hydrogen (secondary N) is 1. The van der Waals surface area contributed by atoms with E-state index in [1.807, 2.05) is 48.5 Å². The SMILES string of the molecule is O=C(NCCCN1CCN(c2cccc(Cl)c2)CC1)[C@@H]1CCCN1C(=O)OCc1ccccc1. The van der Waals surface area contributed by atoms with Crippen LogP contribution < -0.4 is 10.2 Å². The van der Waals surface area contributed by atoms with Crippen molar-refractivity contribution in [3.63, 3.8) is 0 Å². The molecule has 4 rings (SSSR count). The number of rotatable bonds is 8. The molecule has 2 fully saturated rings. The Morgan fingerprint density at radius 1 is 1.00 bits per heavy atom. The third-order valence-electron chi connectivity index (χ3n) is 6.49. The fourth-order valence-corrected chi connectivity index (χ4v) is 4.78. The summed E-state index contributed by atoms with van der Waals surface area (Å²) in [6.07, 6.45) is 1.96. The van der Waals surface area contributed by atoms with Crippen LogP contribution in [0.25, 0.3) is 0 Å². The highest BCUT2D eigenvalue weighted by Crippen LogP contribution is 2.21. The molecule has 2 aromatic rings. The van der Waals surface area contributed by atoms with E-state index in [0.717, 1.165) is 56.2 Å². The maximum atomic E-state index is 12.7. The molecule has 0 spiro atoms. The molecule has 0 aromatic heterocycles. The number of hydrogen-bond acceptors (Lipinski definition) is 5. The van der Waals surface area contributed by atoms with Crippen molar-refractivity contribution in [2.75, 3.05) is 50.7 Å². The van der Waals surface area contributed by atoms with Gasteiger partial charge in [0.15, 0.2) is 0 Å². The van der Waals surface area contributed by atoms with Gasteiger partial charge in [0.1, 0.15) is 12.6 Å². The largest absolute Gasteiger partial charge is 0.445 e. The number of halogens is 1. The molecule has 34 heavy (non-hydrogen) atoms. The van der Waals surface area contributed by atoms with Crippen LogP contribution in [-0.4, -0.2) is 73.7 Å². The van der Waals surface area contributed by atoms with Crippen LogP contribution in [-0.2, 0) is 16.1 Å². The first-order valence-electron chi connectivity index (χ1n) is 12.1. The van der Waals surface area contributed by atoms with Gasteiger partial charge in [-0.2, -0.15) is 0 Å². The molecule has 1 atom stereocenters. The van der Waals surface area contributed by atoms with Gasteiger partial charge in [-0.05, 0) is 49.6 Å². The lowest BCUT2D eigenvalue weighted by atomic mass is 10.2. The number of carbonyl (C=O) groups is 2. The number of likely N-dealkylation sites (tertiary alicyclic amines) is 1. The number of piperazine rings is 1. The van der Waals surface area contributed by atoms with Gasteiger partial charge in [0.2, 0.25) is 5.91 Å². The quantitative estimate of drug-likeness (QED) is 0.578. The van der Waals surface area contributed by atoms with Gasteiger partial charge >= 0.3 is 6.09 Å². The summed E-state index contributed by atoms with van der Waals surface area (Å²) in [5.74, 6) is -0.0834. The highest BCUT2D eigenvalue weighted by atomic mass is 35.5. The van der Waals surface area contributed by atoms with Crippen LogP contribution in [0.3, 0.4) is 0 Å². The minimum absolute atomic E-state index is 0.0834. The minimum Gasteiger partial charge on any atom is -0.445 e. The Hall–Kier alpha value is -2.77. The zero-order chi connectivity index (χ0) is 23.8. The van der Waals surface area contributed by atoms with Crippen LogP contribution in [0.2, 0.25) is 5.02 Å². The molecule has 2 aliphatic rings. The lowest BCUT2D eigenvalue weighted by Crippen LogP contribution is -2.48. The molecule has 0 radical (unpaired) electrons. The van der Waals surface area contributed by atoms with E-state index in [1.54, 1.807) is 4.90 Å². The molecule has 2 heterocycles. The number of carbonyl (C=O) groups excluding carboxylic acids is 2. The van der Waals surface area contributed by atoms with Crippen LogP contribution in [0.5, 0.6) is 0 Å². The smallest absolute Gasteiger partial charge is 0.410 e. The molecular weight excluding hydrogens is 452 g/mol. The van der Waals surface area contributed by atoms with Crippen molar-refractivity contribution in [1.29, 1.82) is 0 Å². The molecule has 1 N–H and O–H groups in total. The highest BCUT2D eigenvalue weighted by molar-refractivity contribution is 6.30. The summed E-state index contributed by atoms with van der Waals surface area (Å²) in [6, 6.07) is 17.1. The van der Waals surface area contributed by atoms with E-state index in [1.165, 1.54) is 5.69 Å². The van der Waals surface area contributed by atoms with Gasteiger partial charge in [-0.1, -0.05) is 48.0 Å². The first kappa shape index (κ1) is 24.4. The Morgan fingerprint density at radius 2 is 1.79 bits per heavy atom. The van der Waals surface area contributed by atoms with Crippen LogP contribution in [0.4, 0.5) is 10.5 Å². The molecule has 0 saturated carbocycles. The number of amides is 2. The van der Waals surface area contributed by atoms with Crippen molar-refractivity contribution < 1.29 is 14.3 Å². The number of hydrogen-bond donors (Lipinski definition) is 1. The fourth-order valence-electron chi connectivity index (χ4n) is 4.59. The van der Waals surface area contributed by atoms with E-state index < -0.39 is 12.1 Å².